The standard InChI is InChI=1S/C26H34FN3O4/c1-17-13-30(14-20-6-8-21(27)9-7-20)18(2)16-34-24-11-10-22(28-19(3)31)12-23(24)26(32)29(4)15-25(17)33-5/h6-12,17-18,25H,13-16H2,1-5H3,(H,28,31)/t17-,18-,25+/m0/s1. The van der Waals surface area contributed by atoms with Crippen molar-refractivity contribution in [2.75, 3.05) is 39.2 Å². The van der Waals surface area contributed by atoms with Crippen molar-refractivity contribution in [1.82, 2.24) is 9.80 Å². The molecule has 0 saturated carbocycles. The number of rotatable bonds is 4. The van der Waals surface area contributed by atoms with Gasteiger partial charge in [-0.15, -0.1) is 0 Å². The van der Waals surface area contributed by atoms with Crippen molar-refractivity contribution in [3.8, 4) is 5.75 Å². The minimum absolute atomic E-state index is 0.0140. The van der Waals surface area contributed by atoms with E-state index < -0.39 is 0 Å². The quantitative estimate of drug-likeness (QED) is 0.735. The molecule has 34 heavy (non-hydrogen) atoms. The Labute approximate surface area is 200 Å². The van der Waals surface area contributed by atoms with Crippen LogP contribution in [0.1, 0.15) is 36.7 Å². The number of carbonyl (C=O) groups is 2. The number of carbonyl (C=O) groups excluding carboxylic acids is 2. The highest BCUT2D eigenvalue weighted by atomic mass is 19.1. The first-order valence-corrected chi connectivity index (χ1v) is 11.5. The number of amides is 2. The van der Waals surface area contributed by atoms with Crippen molar-refractivity contribution in [3.63, 3.8) is 0 Å². The maximum Gasteiger partial charge on any atom is 0.257 e. The van der Waals surface area contributed by atoms with Gasteiger partial charge in [0.15, 0.2) is 0 Å². The zero-order chi connectivity index (χ0) is 24.8. The Hall–Kier alpha value is -2.97. The van der Waals surface area contributed by atoms with Crippen LogP contribution >= 0.6 is 0 Å². The molecule has 8 heteroatoms. The third kappa shape index (κ3) is 6.55. The zero-order valence-electron chi connectivity index (χ0n) is 20.5. The minimum Gasteiger partial charge on any atom is -0.491 e. The van der Waals surface area contributed by atoms with Crippen molar-refractivity contribution < 1.29 is 23.5 Å². The summed E-state index contributed by atoms with van der Waals surface area (Å²) in [4.78, 5) is 28.7. The Morgan fingerprint density at radius 2 is 1.88 bits per heavy atom. The van der Waals surface area contributed by atoms with Gasteiger partial charge in [-0.25, -0.2) is 4.39 Å². The number of benzene rings is 2. The van der Waals surface area contributed by atoms with E-state index in [1.54, 1.807) is 49.4 Å². The van der Waals surface area contributed by atoms with E-state index in [1.807, 2.05) is 0 Å². The molecule has 2 amide bonds. The first kappa shape index (κ1) is 25.6. The highest BCUT2D eigenvalue weighted by Crippen LogP contribution is 2.27. The van der Waals surface area contributed by atoms with Crippen LogP contribution in [0.4, 0.5) is 10.1 Å². The summed E-state index contributed by atoms with van der Waals surface area (Å²) >= 11 is 0. The summed E-state index contributed by atoms with van der Waals surface area (Å²) in [6, 6.07) is 11.6. The normalized spacial score (nSPS) is 22.2. The lowest BCUT2D eigenvalue weighted by Crippen LogP contribution is -2.46. The predicted octanol–water partition coefficient (Wildman–Crippen LogP) is 3.79. The fourth-order valence-corrected chi connectivity index (χ4v) is 4.18. The molecule has 0 aliphatic carbocycles. The molecule has 1 aliphatic heterocycles. The monoisotopic (exact) mass is 471 g/mol. The van der Waals surface area contributed by atoms with E-state index in [9.17, 15) is 14.0 Å². The topological polar surface area (TPSA) is 71.1 Å². The number of hydrogen-bond donors (Lipinski definition) is 1. The number of halogens is 1. The molecule has 7 nitrogen and oxygen atoms in total. The molecule has 1 N–H and O–H groups in total. The number of likely N-dealkylation sites (N-methyl/N-ethyl adjacent to an activating group) is 1. The lowest BCUT2D eigenvalue weighted by molar-refractivity contribution is -0.114. The molecule has 0 unspecified atom stereocenters. The maximum atomic E-state index is 13.4. The first-order chi connectivity index (χ1) is 16.2. The zero-order valence-corrected chi connectivity index (χ0v) is 20.5. The summed E-state index contributed by atoms with van der Waals surface area (Å²) in [5.41, 5.74) is 1.93. The number of hydrogen-bond acceptors (Lipinski definition) is 5. The second-order valence-electron chi connectivity index (χ2n) is 9.05. The van der Waals surface area contributed by atoms with Gasteiger partial charge in [0.25, 0.3) is 5.91 Å². The van der Waals surface area contributed by atoms with Gasteiger partial charge in [0.2, 0.25) is 5.91 Å². The van der Waals surface area contributed by atoms with Crippen molar-refractivity contribution in [1.29, 1.82) is 0 Å². The van der Waals surface area contributed by atoms with Crippen LogP contribution in [0, 0.1) is 11.7 Å². The average molecular weight is 472 g/mol. The summed E-state index contributed by atoms with van der Waals surface area (Å²) in [5.74, 6) is -0.0968. The molecule has 0 aromatic heterocycles. The van der Waals surface area contributed by atoms with Crippen LogP contribution in [0.15, 0.2) is 42.5 Å². The van der Waals surface area contributed by atoms with Gasteiger partial charge in [-0.1, -0.05) is 19.1 Å². The van der Waals surface area contributed by atoms with Gasteiger partial charge in [-0.2, -0.15) is 0 Å². The SMILES string of the molecule is CO[C@@H]1CN(C)C(=O)c2cc(NC(C)=O)ccc2OC[C@H](C)N(Cc2ccc(F)cc2)C[C@@H]1C. The first-order valence-electron chi connectivity index (χ1n) is 11.5. The van der Waals surface area contributed by atoms with Crippen LogP contribution in [-0.2, 0) is 16.1 Å². The molecule has 0 radical (unpaired) electrons. The number of nitrogens with zero attached hydrogens (tertiary/aromatic N) is 2. The molecule has 0 saturated heterocycles. The molecule has 0 spiro atoms. The van der Waals surface area contributed by atoms with Crippen molar-refractivity contribution in [2.45, 2.75) is 39.5 Å². The molecule has 1 aliphatic rings. The molecule has 0 fully saturated rings. The van der Waals surface area contributed by atoms with Crippen LogP contribution < -0.4 is 10.1 Å². The fourth-order valence-electron chi connectivity index (χ4n) is 4.18. The van der Waals surface area contributed by atoms with E-state index in [-0.39, 0.29) is 35.7 Å². The van der Waals surface area contributed by atoms with Gasteiger partial charge in [0.1, 0.15) is 18.2 Å². The molecule has 3 atom stereocenters. The van der Waals surface area contributed by atoms with E-state index in [0.717, 1.165) is 12.1 Å². The van der Waals surface area contributed by atoms with E-state index >= 15 is 0 Å². The van der Waals surface area contributed by atoms with Gasteiger partial charge in [0.05, 0.1) is 11.7 Å². The number of anilines is 1. The Kier molecular flexibility index (Phi) is 8.63. The predicted molar refractivity (Wildman–Crippen MR) is 129 cm³/mol. The summed E-state index contributed by atoms with van der Waals surface area (Å²) in [5, 5.41) is 2.73. The van der Waals surface area contributed by atoms with Gasteiger partial charge in [-0.3, -0.25) is 14.5 Å². The van der Waals surface area contributed by atoms with E-state index in [4.69, 9.17) is 9.47 Å². The lowest BCUT2D eigenvalue weighted by Gasteiger charge is -2.36. The third-order valence-corrected chi connectivity index (χ3v) is 6.19. The Balaban J connectivity index is 1.93. The van der Waals surface area contributed by atoms with Crippen LogP contribution in [0.3, 0.4) is 0 Å². The molecule has 0 bridgehead atoms. The molecule has 2 aromatic rings. The Morgan fingerprint density at radius 1 is 1.18 bits per heavy atom. The van der Waals surface area contributed by atoms with Crippen molar-refractivity contribution in [2.24, 2.45) is 5.92 Å². The van der Waals surface area contributed by atoms with E-state index in [2.05, 4.69) is 24.1 Å². The highest BCUT2D eigenvalue weighted by Gasteiger charge is 2.28. The lowest BCUT2D eigenvalue weighted by atomic mass is 10.0. The number of fused-ring (bicyclic) bond motifs is 1. The molecule has 2 aromatic carbocycles. The average Bonchev–Trinajstić information content (AvgIpc) is 2.80. The van der Waals surface area contributed by atoms with E-state index in [1.165, 1.54) is 19.1 Å². The number of nitrogens with one attached hydrogen (secondary N) is 1. The van der Waals surface area contributed by atoms with Crippen LogP contribution in [0.25, 0.3) is 0 Å². The second-order valence-corrected chi connectivity index (χ2v) is 9.05. The van der Waals surface area contributed by atoms with Crippen LogP contribution in [0.2, 0.25) is 0 Å². The Morgan fingerprint density at radius 3 is 2.53 bits per heavy atom. The minimum atomic E-state index is -0.260. The van der Waals surface area contributed by atoms with Crippen molar-refractivity contribution >= 4 is 17.5 Å². The smallest absolute Gasteiger partial charge is 0.257 e. The number of ether oxygens (including phenoxy) is 2. The summed E-state index contributed by atoms with van der Waals surface area (Å²) in [7, 11) is 3.39. The molecule has 3 rings (SSSR count). The summed E-state index contributed by atoms with van der Waals surface area (Å²) in [6.45, 7) is 7.71. The molecular weight excluding hydrogens is 437 g/mol. The van der Waals surface area contributed by atoms with Gasteiger partial charge < -0.3 is 19.7 Å². The van der Waals surface area contributed by atoms with Gasteiger partial charge in [-0.05, 0) is 48.7 Å². The summed E-state index contributed by atoms with van der Waals surface area (Å²) in [6.07, 6.45) is -0.181. The number of methoxy groups -OCH3 is 1. The highest BCUT2D eigenvalue weighted by molar-refractivity contribution is 5.99. The van der Waals surface area contributed by atoms with Gasteiger partial charge >= 0.3 is 0 Å². The Bertz CT molecular complexity index is 998. The van der Waals surface area contributed by atoms with Crippen LogP contribution in [-0.4, -0.2) is 67.6 Å². The third-order valence-electron chi connectivity index (χ3n) is 6.19. The van der Waals surface area contributed by atoms with Crippen molar-refractivity contribution in [3.05, 3.63) is 59.4 Å². The molecule has 1 heterocycles. The summed E-state index contributed by atoms with van der Waals surface area (Å²) < 4.78 is 25.3. The largest absolute Gasteiger partial charge is 0.491 e. The molecule has 184 valence electrons. The molecular formula is C26H34FN3O4. The fraction of sp³-hybridized carbons (Fsp3) is 0.462. The van der Waals surface area contributed by atoms with Gasteiger partial charge in [0, 0.05) is 52.4 Å². The van der Waals surface area contributed by atoms with E-state index in [0.29, 0.717) is 36.7 Å². The van der Waals surface area contributed by atoms with Crippen LogP contribution in [0.5, 0.6) is 5.75 Å². The maximum absolute atomic E-state index is 13.4. The second kappa shape index (κ2) is 11.4.